The quantitative estimate of drug-likeness (QED) is 0.755. The number of likely N-dealkylation sites (N-methyl/N-ethyl adjacent to an activating group) is 1. The van der Waals surface area contributed by atoms with E-state index in [0.717, 1.165) is 11.3 Å². The molecule has 0 aliphatic heterocycles. The standard InChI is InChI=1S/C16H21F3N4O2S.ClH/c1-10(2)20-14(24)23(8-7-22(3)4)15-21-12-6-5-11(9-13(12)26-15)25-16(17,18)19;/h5-6,9-10H,7-8H2,1-4H3,(H,20,24);1H. The van der Waals surface area contributed by atoms with Crippen LogP contribution in [0.15, 0.2) is 18.2 Å². The third kappa shape index (κ3) is 7.04. The summed E-state index contributed by atoms with van der Waals surface area (Å²) in [7, 11) is 3.77. The van der Waals surface area contributed by atoms with E-state index < -0.39 is 6.36 Å². The van der Waals surface area contributed by atoms with E-state index in [9.17, 15) is 18.0 Å². The summed E-state index contributed by atoms with van der Waals surface area (Å²) < 4.78 is 41.6. The molecule has 6 nitrogen and oxygen atoms in total. The van der Waals surface area contributed by atoms with E-state index in [-0.39, 0.29) is 30.2 Å². The van der Waals surface area contributed by atoms with Gasteiger partial charge in [0.15, 0.2) is 5.13 Å². The number of hydrogen-bond donors (Lipinski definition) is 1. The van der Waals surface area contributed by atoms with Crippen LogP contribution in [0.1, 0.15) is 13.8 Å². The summed E-state index contributed by atoms with van der Waals surface area (Å²) in [5.41, 5.74) is 0.506. The molecule has 1 heterocycles. The molecule has 0 atom stereocenters. The molecule has 0 bridgehead atoms. The number of rotatable bonds is 6. The fraction of sp³-hybridized carbons (Fsp3) is 0.500. The summed E-state index contributed by atoms with van der Waals surface area (Å²) in [6.07, 6.45) is -4.75. The predicted molar refractivity (Wildman–Crippen MR) is 103 cm³/mol. The Morgan fingerprint density at radius 1 is 1.30 bits per heavy atom. The molecule has 0 saturated carbocycles. The Morgan fingerprint density at radius 3 is 2.52 bits per heavy atom. The Bertz CT molecular complexity index is 768. The third-order valence-electron chi connectivity index (χ3n) is 3.24. The van der Waals surface area contributed by atoms with Gasteiger partial charge in [0.2, 0.25) is 0 Å². The van der Waals surface area contributed by atoms with Crippen molar-refractivity contribution < 1.29 is 22.7 Å². The number of nitrogens with one attached hydrogen (secondary N) is 1. The monoisotopic (exact) mass is 426 g/mol. The minimum atomic E-state index is -4.75. The molecule has 1 aromatic heterocycles. The summed E-state index contributed by atoms with van der Waals surface area (Å²) in [4.78, 5) is 20.3. The second-order valence-electron chi connectivity index (χ2n) is 6.23. The molecule has 152 valence electrons. The van der Waals surface area contributed by atoms with E-state index in [1.165, 1.54) is 23.1 Å². The lowest BCUT2D eigenvalue weighted by atomic mass is 10.3. The number of thiazole rings is 1. The molecule has 2 amide bonds. The van der Waals surface area contributed by atoms with Crippen LogP contribution < -0.4 is 15.0 Å². The molecule has 0 radical (unpaired) electrons. The average Bonchev–Trinajstić information content (AvgIpc) is 2.87. The number of benzene rings is 1. The molecule has 1 N–H and O–H groups in total. The lowest BCUT2D eigenvalue weighted by molar-refractivity contribution is -0.274. The lowest BCUT2D eigenvalue weighted by Gasteiger charge is -2.23. The van der Waals surface area contributed by atoms with E-state index in [2.05, 4.69) is 15.0 Å². The Balaban J connectivity index is 0.00000364. The first kappa shape index (κ1) is 23.3. The molecule has 0 aliphatic carbocycles. The van der Waals surface area contributed by atoms with Crippen molar-refractivity contribution in [3.05, 3.63) is 18.2 Å². The van der Waals surface area contributed by atoms with Gasteiger partial charge in [0.25, 0.3) is 0 Å². The SMILES string of the molecule is CC(C)NC(=O)N(CCN(C)C)c1nc2ccc(OC(F)(F)F)cc2s1.Cl. The van der Waals surface area contributed by atoms with Gasteiger partial charge in [-0.1, -0.05) is 11.3 Å². The number of carbonyl (C=O) groups excluding carboxylic acids is 1. The van der Waals surface area contributed by atoms with Gasteiger partial charge in [0.1, 0.15) is 5.75 Å². The zero-order valence-electron chi connectivity index (χ0n) is 15.3. The summed E-state index contributed by atoms with van der Waals surface area (Å²) in [6.45, 7) is 4.71. The Kier molecular flexibility index (Phi) is 8.12. The molecule has 11 heteroatoms. The van der Waals surface area contributed by atoms with Gasteiger partial charge in [0.05, 0.1) is 10.2 Å². The van der Waals surface area contributed by atoms with Crippen molar-refractivity contribution in [3.63, 3.8) is 0 Å². The van der Waals surface area contributed by atoms with E-state index in [1.54, 1.807) is 0 Å². The van der Waals surface area contributed by atoms with Crippen molar-refractivity contribution in [1.82, 2.24) is 15.2 Å². The minimum Gasteiger partial charge on any atom is -0.406 e. The van der Waals surface area contributed by atoms with Crippen molar-refractivity contribution >= 4 is 45.1 Å². The summed E-state index contributed by atoms with van der Waals surface area (Å²) in [5, 5.41) is 3.23. The average molecular weight is 427 g/mol. The Morgan fingerprint density at radius 2 is 1.96 bits per heavy atom. The minimum absolute atomic E-state index is 0. The zero-order chi connectivity index (χ0) is 19.5. The normalized spacial score (nSPS) is 11.6. The maximum absolute atomic E-state index is 12.5. The van der Waals surface area contributed by atoms with Crippen LogP contribution in [0.2, 0.25) is 0 Å². The topological polar surface area (TPSA) is 57.7 Å². The lowest BCUT2D eigenvalue weighted by Crippen LogP contribution is -2.45. The second kappa shape index (κ2) is 9.43. The van der Waals surface area contributed by atoms with Gasteiger partial charge in [-0.3, -0.25) is 4.90 Å². The molecular weight excluding hydrogens is 405 g/mol. The fourth-order valence-corrected chi connectivity index (χ4v) is 3.13. The molecule has 0 fully saturated rings. The van der Waals surface area contributed by atoms with E-state index in [1.807, 2.05) is 32.8 Å². The van der Waals surface area contributed by atoms with E-state index in [4.69, 9.17) is 0 Å². The molecule has 2 rings (SSSR count). The van der Waals surface area contributed by atoms with Crippen molar-refractivity contribution in [1.29, 1.82) is 0 Å². The van der Waals surface area contributed by atoms with Crippen LogP contribution in [-0.2, 0) is 0 Å². The van der Waals surface area contributed by atoms with Crippen LogP contribution in [0.5, 0.6) is 5.75 Å². The van der Waals surface area contributed by atoms with Crippen molar-refractivity contribution in [2.24, 2.45) is 0 Å². The van der Waals surface area contributed by atoms with Gasteiger partial charge in [-0.25, -0.2) is 9.78 Å². The van der Waals surface area contributed by atoms with Gasteiger partial charge in [-0.05, 0) is 40.1 Å². The first-order valence-corrected chi connectivity index (χ1v) is 8.76. The highest BCUT2D eigenvalue weighted by Gasteiger charge is 2.31. The van der Waals surface area contributed by atoms with Crippen LogP contribution in [0.25, 0.3) is 10.2 Å². The second-order valence-corrected chi connectivity index (χ2v) is 7.24. The third-order valence-corrected chi connectivity index (χ3v) is 4.28. The number of aromatic nitrogens is 1. The molecule has 2 aromatic rings. The molecule has 0 spiro atoms. The van der Waals surface area contributed by atoms with Crippen LogP contribution >= 0.6 is 23.7 Å². The number of carbonyl (C=O) groups is 1. The fourth-order valence-electron chi connectivity index (χ4n) is 2.11. The molecular formula is C16H22ClF3N4O2S. The highest BCUT2D eigenvalue weighted by atomic mass is 35.5. The van der Waals surface area contributed by atoms with Crippen LogP contribution in [0.4, 0.5) is 23.1 Å². The molecule has 0 saturated heterocycles. The number of fused-ring (bicyclic) bond motifs is 1. The van der Waals surface area contributed by atoms with Crippen molar-refractivity contribution in [2.75, 3.05) is 32.1 Å². The van der Waals surface area contributed by atoms with Gasteiger partial charge in [0, 0.05) is 25.2 Å². The highest BCUT2D eigenvalue weighted by molar-refractivity contribution is 7.22. The highest BCUT2D eigenvalue weighted by Crippen LogP contribution is 2.33. The number of urea groups is 1. The number of halogens is 4. The van der Waals surface area contributed by atoms with Crippen LogP contribution in [-0.4, -0.2) is 55.5 Å². The molecule has 27 heavy (non-hydrogen) atoms. The predicted octanol–water partition coefficient (Wildman–Crippen LogP) is 4.10. The number of hydrogen-bond acceptors (Lipinski definition) is 5. The number of amides is 2. The van der Waals surface area contributed by atoms with E-state index >= 15 is 0 Å². The van der Waals surface area contributed by atoms with Crippen LogP contribution in [0, 0.1) is 0 Å². The number of nitrogens with zero attached hydrogens (tertiary/aromatic N) is 3. The smallest absolute Gasteiger partial charge is 0.406 e. The summed E-state index contributed by atoms with van der Waals surface area (Å²) >= 11 is 1.14. The van der Waals surface area contributed by atoms with E-state index in [0.29, 0.717) is 28.4 Å². The van der Waals surface area contributed by atoms with Gasteiger partial charge >= 0.3 is 12.4 Å². The Hall–Kier alpha value is -1.78. The summed E-state index contributed by atoms with van der Waals surface area (Å²) in [6, 6.07) is 3.57. The first-order valence-electron chi connectivity index (χ1n) is 7.94. The van der Waals surface area contributed by atoms with Crippen molar-refractivity contribution in [2.45, 2.75) is 26.3 Å². The van der Waals surface area contributed by atoms with Crippen molar-refractivity contribution in [3.8, 4) is 5.75 Å². The largest absolute Gasteiger partial charge is 0.573 e. The maximum Gasteiger partial charge on any atom is 0.573 e. The number of ether oxygens (including phenoxy) is 1. The van der Waals surface area contributed by atoms with Gasteiger partial charge < -0.3 is 15.0 Å². The summed E-state index contributed by atoms with van der Waals surface area (Å²) in [5.74, 6) is -0.313. The van der Waals surface area contributed by atoms with Gasteiger partial charge in [-0.15, -0.1) is 25.6 Å². The first-order chi connectivity index (χ1) is 12.0. The number of anilines is 1. The number of alkyl halides is 3. The molecule has 1 aromatic carbocycles. The Labute approximate surface area is 165 Å². The molecule has 0 unspecified atom stereocenters. The van der Waals surface area contributed by atoms with Crippen LogP contribution in [0.3, 0.4) is 0 Å². The zero-order valence-corrected chi connectivity index (χ0v) is 17.0. The van der Waals surface area contributed by atoms with Gasteiger partial charge in [-0.2, -0.15) is 0 Å². The molecule has 0 aliphatic rings. The maximum atomic E-state index is 12.5.